The number of hydrogen-bond donors (Lipinski definition) is 1. The highest BCUT2D eigenvalue weighted by atomic mass is 32.1. The molecular weight excluding hydrogens is 414 g/mol. The Balaban J connectivity index is 2.08. The van der Waals surface area contributed by atoms with Crippen LogP contribution in [0.4, 0.5) is 5.00 Å². The summed E-state index contributed by atoms with van der Waals surface area (Å²) in [7, 11) is 0. The summed E-state index contributed by atoms with van der Waals surface area (Å²) in [6.07, 6.45) is 0.682. The van der Waals surface area contributed by atoms with Crippen LogP contribution in [0.3, 0.4) is 0 Å². The number of thiophene rings is 1. The van der Waals surface area contributed by atoms with E-state index < -0.39 is 17.8 Å². The first-order valence-electron chi connectivity index (χ1n) is 9.93. The van der Waals surface area contributed by atoms with Crippen molar-refractivity contribution in [1.82, 2.24) is 0 Å². The van der Waals surface area contributed by atoms with Gasteiger partial charge in [0.05, 0.1) is 12.2 Å². The topological polar surface area (TPSA) is 81.7 Å². The van der Waals surface area contributed by atoms with Crippen LogP contribution in [0.2, 0.25) is 0 Å². The number of ether oxygens (including phenoxy) is 2. The zero-order valence-electron chi connectivity index (χ0n) is 17.6. The Kier molecular flexibility index (Phi) is 7.20. The largest absolute Gasteiger partial charge is 0.462 e. The van der Waals surface area contributed by atoms with Crippen LogP contribution < -0.4 is 10.1 Å². The molecule has 0 radical (unpaired) electrons. The number of amides is 1. The minimum atomic E-state index is -0.525. The lowest BCUT2D eigenvalue weighted by molar-refractivity contribution is -0.131. The summed E-state index contributed by atoms with van der Waals surface area (Å²) in [6, 6.07) is 16.0. The highest BCUT2D eigenvalue weighted by Gasteiger charge is 2.27. The molecule has 0 saturated carbocycles. The van der Waals surface area contributed by atoms with E-state index in [1.165, 1.54) is 18.3 Å². The Hall–Kier alpha value is -3.45. The van der Waals surface area contributed by atoms with Crippen LogP contribution in [0.25, 0.3) is 11.1 Å². The Morgan fingerprint density at radius 2 is 1.65 bits per heavy atom. The molecule has 0 fully saturated rings. The standard InChI is InChI=1S/C24H23NO5S/c1-4-19-20(16-11-7-6-8-12-16)21(24(28)29-5-2)23(31-19)25-22(27)17-13-9-10-14-18(17)30-15(3)26/h6-14H,4-5H2,1-3H3,(H,25,27). The molecule has 0 spiro atoms. The summed E-state index contributed by atoms with van der Waals surface area (Å²) in [5.41, 5.74) is 2.16. The zero-order valence-corrected chi connectivity index (χ0v) is 18.4. The van der Waals surface area contributed by atoms with E-state index in [-0.39, 0.29) is 17.9 Å². The normalized spacial score (nSPS) is 10.4. The van der Waals surface area contributed by atoms with Crippen LogP contribution >= 0.6 is 11.3 Å². The fourth-order valence-corrected chi connectivity index (χ4v) is 4.34. The molecule has 1 heterocycles. The van der Waals surface area contributed by atoms with Gasteiger partial charge in [-0.25, -0.2) is 4.79 Å². The Morgan fingerprint density at radius 1 is 0.968 bits per heavy atom. The maximum atomic E-state index is 13.0. The number of carbonyl (C=O) groups is 3. The number of carbonyl (C=O) groups excluding carboxylic acids is 3. The fraction of sp³-hybridized carbons (Fsp3) is 0.208. The molecule has 0 saturated heterocycles. The summed E-state index contributed by atoms with van der Waals surface area (Å²) in [6.45, 7) is 5.22. The number of anilines is 1. The molecule has 6 nitrogen and oxygen atoms in total. The van der Waals surface area contributed by atoms with Gasteiger partial charge >= 0.3 is 11.9 Å². The predicted molar refractivity (Wildman–Crippen MR) is 121 cm³/mol. The zero-order chi connectivity index (χ0) is 22.4. The maximum absolute atomic E-state index is 13.0. The van der Waals surface area contributed by atoms with E-state index in [9.17, 15) is 14.4 Å². The highest BCUT2D eigenvalue weighted by molar-refractivity contribution is 7.17. The summed E-state index contributed by atoms with van der Waals surface area (Å²) < 4.78 is 10.5. The van der Waals surface area contributed by atoms with E-state index in [1.807, 2.05) is 37.3 Å². The third-order valence-electron chi connectivity index (χ3n) is 4.46. The van der Waals surface area contributed by atoms with Crippen LogP contribution in [-0.4, -0.2) is 24.5 Å². The number of benzene rings is 2. The van der Waals surface area contributed by atoms with Crippen molar-refractivity contribution in [2.45, 2.75) is 27.2 Å². The van der Waals surface area contributed by atoms with Gasteiger partial charge in [-0.3, -0.25) is 9.59 Å². The van der Waals surface area contributed by atoms with E-state index in [0.29, 0.717) is 17.0 Å². The van der Waals surface area contributed by atoms with Gasteiger partial charge in [0.15, 0.2) is 0 Å². The number of esters is 2. The highest BCUT2D eigenvalue weighted by Crippen LogP contribution is 2.41. The van der Waals surface area contributed by atoms with Crippen molar-refractivity contribution in [3.63, 3.8) is 0 Å². The Bertz CT molecular complexity index is 1100. The van der Waals surface area contributed by atoms with Crippen molar-refractivity contribution in [2.75, 3.05) is 11.9 Å². The molecule has 2 aromatic carbocycles. The number of rotatable bonds is 7. The minimum Gasteiger partial charge on any atom is -0.462 e. The second-order valence-corrected chi connectivity index (χ2v) is 7.69. The summed E-state index contributed by atoms with van der Waals surface area (Å²) in [4.78, 5) is 38.3. The van der Waals surface area contributed by atoms with Crippen molar-refractivity contribution < 1.29 is 23.9 Å². The molecular formula is C24H23NO5S. The smallest absolute Gasteiger partial charge is 0.341 e. The van der Waals surface area contributed by atoms with Crippen LogP contribution in [0, 0.1) is 0 Å². The summed E-state index contributed by atoms with van der Waals surface area (Å²) in [5, 5.41) is 3.23. The third kappa shape index (κ3) is 5.00. The lowest BCUT2D eigenvalue weighted by Crippen LogP contribution is -2.16. The first kappa shape index (κ1) is 22.2. The third-order valence-corrected chi connectivity index (χ3v) is 5.71. The lowest BCUT2D eigenvalue weighted by atomic mass is 10.00. The maximum Gasteiger partial charge on any atom is 0.341 e. The molecule has 7 heteroatoms. The molecule has 0 aliphatic rings. The van der Waals surface area contributed by atoms with Crippen molar-refractivity contribution in [2.24, 2.45) is 0 Å². The monoisotopic (exact) mass is 437 g/mol. The van der Waals surface area contributed by atoms with Crippen LogP contribution in [-0.2, 0) is 16.0 Å². The molecule has 0 unspecified atom stereocenters. The van der Waals surface area contributed by atoms with Gasteiger partial charge < -0.3 is 14.8 Å². The number of hydrogen-bond acceptors (Lipinski definition) is 6. The van der Waals surface area contributed by atoms with E-state index in [2.05, 4.69) is 5.32 Å². The first-order valence-corrected chi connectivity index (χ1v) is 10.7. The molecule has 0 atom stereocenters. The SMILES string of the molecule is CCOC(=O)c1c(NC(=O)c2ccccc2OC(C)=O)sc(CC)c1-c1ccccc1. The van der Waals surface area contributed by atoms with Gasteiger partial charge in [-0.1, -0.05) is 49.4 Å². The van der Waals surface area contributed by atoms with Crippen molar-refractivity contribution in [3.05, 3.63) is 70.6 Å². The van der Waals surface area contributed by atoms with Crippen LogP contribution in [0.15, 0.2) is 54.6 Å². The molecule has 3 rings (SSSR count). The van der Waals surface area contributed by atoms with Gasteiger partial charge in [0.25, 0.3) is 5.91 Å². The fourth-order valence-electron chi connectivity index (χ4n) is 3.19. The average Bonchev–Trinajstić information content (AvgIpc) is 3.12. The molecule has 1 N–H and O–H groups in total. The summed E-state index contributed by atoms with van der Waals surface area (Å²) >= 11 is 1.34. The first-order chi connectivity index (χ1) is 15.0. The molecule has 1 aromatic heterocycles. The predicted octanol–water partition coefficient (Wildman–Crippen LogP) is 5.33. The van der Waals surface area contributed by atoms with Gasteiger partial charge in [-0.2, -0.15) is 0 Å². The summed E-state index contributed by atoms with van der Waals surface area (Å²) in [5.74, 6) is -1.35. The quantitative estimate of drug-likeness (QED) is 0.399. The van der Waals surface area contributed by atoms with Crippen LogP contribution in [0.5, 0.6) is 5.75 Å². The molecule has 0 bridgehead atoms. The number of nitrogens with one attached hydrogen (secondary N) is 1. The van der Waals surface area contributed by atoms with E-state index in [4.69, 9.17) is 9.47 Å². The van der Waals surface area contributed by atoms with Gasteiger partial charge in [-0.15, -0.1) is 11.3 Å². The van der Waals surface area contributed by atoms with Crippen molar-refractivity contribution in [3.8, 4) is 16.9 Å². The number of aryl methyl sites for hydroxylation is 1. The van der Waals surface area contributed by atoms with Gasteiger partial charge in [0.2, 0.25) is 0 Å². The second kappa shape index (κ2) is 10.0. The molecule has 3 aromatic rings. The molecule has 0 aliphatic carbocycles. The van der Waals surface area contributed by atoms with Crippen LogP contribution in [0.1, 0.15) is 46.4 Å². The molecule has 160 valence electrons. The Labute approximate surface area is 184 Å². The van der Waals surface area contributed by atoms with Crippen molar-refractivity contribution >= 4 is 34.2 Å². The van der Waals surface area contributed by atoms with Gasteiger partial charge in [0.1, 0.15) is 16.3 Å². The van der Waals surface area contributed by atoms with E-state index in [0.717, 1.165) is 16.0 Å². The molecule has 1 amide bonds. The number of para-hydroxylation sites is 1. The molecule has 0 aliphatic heterocycles. The van der Waals surface area contributed by atoms with Gasteiger partial charge in [0, 0.05) is 17.4 Å². The average molecular weight is 438 g/mol. The molecule has 31 heavy (non-hydrogen) atoms. The van der Waals surface area contributed by atoms with Gasteiger partial charge in [-0.05, 0) is 31.0 Å². The minimum absolute atomic E-state index is 0.153. The second-order valence-electron chi connectivity index (χ2n) is 6.59. The lowest BCUT2D eigenvalue weighted by Gasteiger charge is -2.11. The van der Waals surface area contributed by atoms with Crippen molar-refractivity contribution in [1.29, 1.82) is 0 Å². The van der Waals surface area contributed by atoms with E-state index >= 15 is 0 Å². The van der Waals surface area contributed by atoms with E-state index in [1.54, 1.807) is 31.2 Å². The Morgan fingerprint density at radius 3 is 2.29 bits per heavy atom.